The van der Waals surface area contributed by atoms with E-state index in [1.165, 1.54) is 0 Å². The number of hydrogen-bond donors (Lipinski definition) is 2. The molecule has 0 aromatic carbocycles. The molecule has 1 unspecified atom stereocenters. The van der Waals surface area contributed by atoms with Crippen molar-refractivity contribution in [1.29, 1.82) is 0 Å². The van der Waals surface area contributed by atoms with Gasteiger partial charge in [-0.05, 0) is 25.8 Å². The number of nitrogens with one attached hydrogen (secondary N) is 1. The molecule has 1 aromatic rings. The van der Waals surface area contributed by atoms with Crippen LogP contribution in [0.5, 0.6) is 0 Å². The maximum Gasteiger partial charge on any atom is 0.147 e. The molecule has 1 aliphatic rings. The van der Waals surface area contributed by atoms with E-state index in [0.29, 0.717) is 6.04 Å². The van der Waals surface area contributed by atoms with Crippen LogP contribution >= 0.6 is 0 Å². The van der Waals surface area contributed by atoms with Crippen molar-refractivity contribution in [2.45, 2.75) is 64.7 Å². The van der Waals surface area contributed by atoms with E-state index in [2.05, 4.69) is 45.8 Å². The molecule has 0 amide bonds. The van der Waals surface area contributed by atoms with Crippen LogP contribution in [0.15, 0.2) is 6.33 Å². The summed E-state index contributed by atoms with van der Waals surface area (Å²) in [7, 11) is 0. The summed E-state index contributed by atoms with van der Waals surface area (Å²) in [6, 6.07) is 0.394. The van der Waals surface area contributed by atoms with Gasteiger partial charge in [-0.1, -0.05) is 20.8 Å². The molecule has 0 bridgehead atoms. The molecule has 2 N–H and O–H groups in total. The van der Waals surface area contributed by atoms with E-state index >= 15 is 0 Å². The van der Waals surface area contributed by atoms with E-state index in [9.17, 15) is 5.11 Å². The average Bonchev–Trinajstić information content (AvgIpc) is 2.93. The highest BCUT2D eigenvalue weighted by molar-refractivity contribution is 4.91. The van der Waals surface area contributed by atoms with E-state index < -0.39 is 0 Å². The highest BCUT2D eigenvalue weighted by Crippen LogP contribution is 2.19. The smallest absolute Gasteiger partial charge is 0.147 e. The van der Waals surface area contributed by atoms with Crippen LogP contribution in [-0.2, 0) is 13.1 Å². The molecule has 6 heteroatoms. The van der Waals surface area contributed by atoms with E-state index in [1.807, 2.05) is 6.33 Å². The summed E-state index contributed by atoms with van der Waals surface area (Å²) in [6.07, 6.45) is 4.85. The Morgan fingerprint density at radius 3 is 2.90 bits per heavy atom. The van der Waals surface area contributed by atoms with Crippen LogP contribution in [0, 0.1) is 0 Å². The quantitative estimate of drug-likeness (QED) is 0.749. The summed E-state index contributed by atoms with van der Waals surface area (Å²) >= 11 is 0. The van der Waals surface area contributed by atoms with Crippen LogP contribution in [-0.4, -0.2) is 56.0 Å². The van der Waals surface area contributed by atoms with Crippen molar-refractivity contribution in [2.24, 2.45) is 0 Å². The Morgan fingerprint density at radius 1 is 1.43 bits per heavy atom. The maximum absolute atomic E-state index is 9.77. The van der Waals surface area contributed by atoms with Gasteiger partial charge in [0.25, 0.3) is 0 Å². The van der Waals surface area contributed by atoms with Gasteiger partial charge in [-0.15, -0.1) is 10.2 Å². The second kappa shape index (κ2) is 7.33. The zero-order valence-electron chi connectivity index (χ0n) is 13.5. The molecule has 0 saturated carbocycles. The number of aliphatic hydroxyl groups excluding tert-OH is 1. The van der Waals surface area contributed by atoms with Crippen molar-refractivity contribution >= 4 is 0 Å². The molecule has 1 aromatic heterocycles. The summed E-state index contributed by atoms with van der Waals surface area (Å²) in [5.41, 5.74) is -0.135. The van der Waals surface area contributed by atoms with Crippen LogP contribution in [0.2, 0.25) is 0 Å². The van der Waals surface area contributed by atoms with Gasteiger partial charge in [-0.25, -0.2) is 0 Å². The van der Waals surface area contributed by atoms with E-state index in [0.717, 1.165) is 51.3 Å². The Morgan fingerprint density at radius 2 is 2.24 bits per heavy atom. The molecule has 120 valence electrons. The Hall–Kier alpha value is -0.980. The molecule has 6 nitrogen and oxygen atoms in total. The summed E-state index contributed by atoms with van der Waals surface area (Å²) in [5.74, 6) is 1.06. The maximum atomic E-state index is 9.77. The lowest BCUT2D eigenvalue weighted by Crippen LogP contribution is -2.51. The van der Waals surface area contributed by atoms with Crippen LogP contribution in [0.25, 0.3) is 0 Å². The monoisotopic (exact) mass is 295 g/mol. The molecule has 2 heterocycles. The highest BCUT2D eigenvalue weighted by atomic mass is 16.3. The third kappa shape index (κ3) is 4.25. The minimum Gasteiger partial charge on any atom is -0.394 e. The molecular weight excluding hydrogens is 266 g/mol. The minimum absolute atomic E-state index is 0.135. The fourth-order valence-corrected chi connectivity index (χ4v) is 3.15. The summed E-state index contributed by atoms with van der Waals surface area (Å²) in [6.45, 7) is 10.6. The first kappa shape index (κ1) is 16.4. The molecule has 21 heavy (non-hydrogen) atoms. The molecule has 0 radical (unpaired) electrons. The number of aromatic nitrogens is 3. The third-order valence-electron chi connectivity index (χ3n) is 4.42. The first-order valence-electron chi connectivity index (χ1n) is 8.06. The van der Waals surface area contributed by atoms with Crippen LogP contribution in [0.4, 0.5) is 0 Å². The number of fused-ring (bicyclic) bond motifs is 1. The van der Waals surface area contributed by atoms with Crippen molar-refractivity contribution < 1.29 is 5.11 Å². The second-order valence-electron chi connectivity index (χ2n) is 6.41. The normalized spacial score (nSPS) is 18.7. The van der Waals surface area contributed by atoms with Gasteiger partial charge in [0.15, 0.2) is 0 Å². The van der Waals surface area contributed by atoms with Gasteiger partial charge in [0, 0.05) is 24.7 Å². The first-order valence-corrected chi connectivity index (χ1v) is 8.06. The fourth-order valence-electron chi connectivity index (χ4n) is 3.15. The van der Waals surface area contributed by atoms with Crippen molar-refractivity contribution in [1.82, 2.24) is 25.0 Å². The van der Waals surface area contributed by atoms with E-state index in [-0.39, 0.29) is 12.1 Å². The largest absolute Gasteiger partial charge is 0.394 e. The standard InChI is InChI=1S/C15H29N5O/c1-4-15(11-21,17-13(2)3)6-5-7-19-8-9-20-12-16-18-14(20)10-19/h12-13,17,21H,4-11H2,1-3H3. The molecule has 0 spiro atoms. The molecule has 0 saturated heterocycles. The van der Waals surface area contributed by atoms with Gasteiger partial charge in [-0.2, -0.15) is 0 Å². The number of hydrogen-bond acceptors (Lipinski definition) is 5. The van der Waals surface area contributed by atoms with Gasteiger partial charge in [0.05, 0.1) is 13.2 Å². The molecule has 1 atom stereocenters. The zero-order valence-corrected chi connectivity index (χ0v) is 13.5. The SMILES string of the molecule is CCC(CO)(CCCN1CCn2cnnc2C1)NC(C)C. The van der Waals surface area contributed by atoms with Gasteiger partial charge in [0.1, 0.15) is 12.2 Å². The minimum atomic E-state index is -0.135. The Balaban J connectivity index is 1.80. The summed E-state index contributed by atoms with van der Waals surface area (Å²) < 4.78 is 2.13. The fraction of sp³-hybridized carbons (Fsp3) is 0.867. The topological polar surface area (TPSA) is 66.2 Å². The van der Waals surface area contributed by atoms with Crippen LogP contribution < -0.4 is 5.32 Å². The Kier molecular flexibility index (Phi) is 5.72. The predicted octanol–water partition coefficient (Wildman–Crippen LogP) is 1.01. The van der Waals surface area contributed by atoms with Gasteiger partial charge < -0.3 is 15.0 Å². The molecule has 2 rings (SSSR count). The molecular formula is C15H29N5O. The second-order valence-corrected chi connectivity index (χ2v) is 6.41. The number of nitrogens with zero attached hydrogens (tertiary/aromatic N) is 4. The highest BCUT2D eigenvalue weighted by Gasteiger charge is 2.27. The first-order chi connectivity index (χ1) is 10.1. The number of rotatable bonds is 8. The lowest BCUT2D eigenvalue weighted by Gasteiger charge is -2.35. The third-order valence-corrected chi connectivity index (χ3v) is 4.42. The Labute approximate surface area is 127 Å². The van der Waals surface area contributed by atoms with Gasteiger partial charge >= 0.3 is 0 Å². The van der Waals surface area contributed by atoms with Crippen molar-refractivity contribution in [3.63, 3.8) is 0 Å². The Bertz CT molecular complexity index is 427. The zero-order chi connectivity index (χ0) is 15.3. The molecule has 0 aliphatic carbocycles. The van der Waals surface area contributed by atoms with E-state index in [1.54, 1.807) is 0 Å². The van der Waals surface area contributed by atoms with Crippen molar-refractivity contribution in [3.05, 3.63) is 12.2 Å². The van der Waals surface area contributed by atoms with Crippen molar-refractivity contribution in [2.75, 3.05) is 19.7 Å². The van der Waals surface area contributed by atoms with Crippen LogP contribution in [0.1, 0.15) is 45.9 Å². The van der Waals surface area contributed by atoms with E-state index in [4.69, 9.17) is 0 Å². The summed E-state index contributed by atoms with van der Waals surface area (Å²) in [5, 5.41) is 21.4. The lowest BCUT2D eigenvalue weighted by molar-refractivity contribution is 0.126. The molecule has 1 aliphatic heterocycles. The predicted molar refractivity (Wildman–Crippen MR) is 82.9 cm³/mol. The lowest BCUT2D eigenvalue weighted by atomic mass is 9.90. The summed E-state index contributed by atoms with van der Waals surface area (Å²) in [4.78, 5) is 2.43. The van der Waals surface area contributed by atoms with Gasteiger partial charge in [-0.3, -0.25) is 4.90 Å². The molecule has 0 fully saturated rings. The van der Waals surface area contributed by atoms with Crippen LogP contribution in [0.3, 0.4) is 0 Å². The van der Waals surface area contributed by atoms with Gasteiger partial charge in [0.2, 0.25) is 0 Å². The van der Waals surface area contributed by atoms with Crippen molar-refractivity contribution in [3.8, 4) is 0 Å². The average molecular weight is 295 g/mol. The number of aliphatic hydroxyl groups is 1.